The fourth-order valence-corrected chi connectivity index (χ4v) is 1.68. The minimum Gasteiger partial charge on any atom is -0.486 e. The van der Waals surface area contributed by atoms with Crippen molar-refractivity contribution in [2.45, 2.75) is 19.6 Å². The van der Waals surface area contributed by atoms with E-state index < -0.39 is 6.10 Å². The van der Waals surface area contributed by atoms with Gasteiger partial charge in [0.05, 0.1) is 5.02 Å². The van der Waals surface area contributed by atoms with Crippen LogP contribution in [0.15, 0.2) is 42.6 Å². The van der Waals surface area contributed by atoms with Gasteiger partial charge in [-0.25, -0.2) is 4.98 Å². The zero-order valence-corrected chi connectivity index (χ0v) is 11.8. The number of benzene rings is 1. The first-order valence-corrected chi connectivity index (χ1v) is 6.55. The Morgan fingerprint density at radius 1 is 1.35 bits per heavy atom. The van der Waals surface area contributed by atoms with E-state index in [1.807, 2.05) is 30.3 Å². The third kappa shape index (κ3) is 4.27. The largest absolute Gasteiger partial charge is 0.486 e. The molecule has 0 saturated heterocycles. The van der Waals surface area contributed by atoms with E-state index in [2.05, 4.69) is 16.8 Å². The molecule has 1 heterocycles. The standard InChI is InChI=1S/C16H14ClNO2/c1-12(19)7-8-15-16(9-14(17)10-18-15)20-11-13-5-3-2-4-6-13/h2-6,9-10,12,19H,11H2,1H3. The maximum absolute atomic E-state index is 9.20. The summed E-state index contributed by atoms with van der Waals surface area (Å²) in [6, 6.07) is 11.5. The zero-order chi connectivity index (χ0) is 14.4. The summed E-state index contributed by atoms with van der Waals surface area (Å²) in [4.78, 5) is 4.12. The number of aromatic nitrogens is 1. The lowest BCUT2D eigenvalue weighted by atomic mass is 10.2. The SMILES string of the molecule is CC(O)C#Cc1ncc(Cl)cc1OCc1ccccc1. The van der Waals surface area contributed by atoms with E-state index >= 15 is 0 Å². The molecule has 0 spiro atoms. The summed E-state index contributed by atoms with van der Waals surface area (Å²) in [6.45, 7) is 2.00. The van der Waals surface area contributed by atoms with Gasteiger partial charge in [0, 0.05) is 12.3 Å². The van der Waals surface area contributed by atoms with Crippen LogP contribution in [-0.2, 0) is 6.61 Å². The highest BCUT2D eigenvalue weighted by Crippen LogP contribution is 2.21. The first-order valence-electron chi connectivity index (χ1n) is 6.17. The summed E-state index contributed by atoms with van der Waals surface area (Å²) in [5, 5.41) is 9.68. The van der Waals surface area contributed by atoms with Crippen LogP contribution in [0.5, 0.6) is 5.75 Å². The Morgan fingerprint density at radius 2 is 2.10 bits per heavy atom. The van der Waals surface area contributed by atoms with E-state index in [0.717, 1.165) is 5.56 Å². The Morgan fingerprint density at radius 3 is 2.80 bits per heavy atom. The van der Waals surface area contributed by atoms with Crippen LogP contribution in [0.4, 0.5) is 0 Å². The highest BCUT2D eigenvalue weighted by Gasteiger charge is 2.05. The van der Waals surface area contributed by atoms with Crippen molar-refractivity contribution in [3.63, 3.8) is 0 Å². The first-order chi connectivity index (χ1) is 9.65. The molecule has 1 N–H and O–H groups in total. The van der Waals surface area contributed by atoms with Crippen molar-refractivity contribution < 1.29 is 9.84 Å². The molecule has 2 aromatic rings. The van der Waals surface area contributed by atoms with E-state index in [9.17, 15) is 5.11 Å². The van der Waals surface area contributed by atoms with Crippen LogP contribution in [0.2, 0.25) is 5.02 Å². The van der Waals surface area contributed by atoms with Gasteiger partial charge in [0.2, 0.25) is 0 Å². The molecular formula is C16H14ClNO2. The summed E-state index contributed by atoms with van der Waals surface area (Å²) >= 11 is 5.92. The van der Waals surface area contributed by atoms with Crippen molar-refractivity contribution >= 4 is 11.6 Å². The van der Waals surface area contributed by atoms with Crippen LogP contribution in [0.3, 0.4) is 0 Å². The number of ether oxygens (including phenoxy) is 1. The Kier molecular flexibility index (Phi) is 5.00. The van der Waals surface area contributed by atoms with Gasteiger partial charge in [-0.15, -0.1) is 0 Å². The molecule has 0 aliphatic carbocycles. The van der Waals surface area contributed by atoms with Crippen LogP contribution >= 0.6 is 11.6 Å². The fraction of sp³-hybridized carbons (Fsp3) is 0.188. The van der Waals surface area contributed by atoms with Crippen molar-refractivity contribution in [1.29, 1.82) is 0 Å². The number of halogens is 1. The number of hydrogen-bond donors (Lipinski definition) is 1. The molecule has 0 saturated carbocycles. The van der Waals surface area contributed by atoms with Gasteiger partial charge in [-0.3, -0.25) is 0 Å². The topological polar surface area (TPSA) is 42.4 Å². The van der Waals surface area contributed by atoms with Gasteiger partial charge in [0.15, 0.2) is 11.4 Å². The van der Waals surface area contributed by atoms with Gasteiger partial charge in [-0.05, 0) is 18.4 Å². The highest BCUT2D eigenvalue weighted by atomic mass is 35.5. The van der Waals surface area contributed by atoms with Crippen LogP contribution in [0.1, 0.15) is 18.2 Å². The molecule has 1 aromatic heterocycles. The molecule has 1 unspecified atom stereocenters. The summed E-state index contributed by atoms with van der Waals surface area (Å²) in [5.41, 5.74) is 1.51. The van der Waals surface area contributed by atoms with Crippen LogP contribution in [-0.4, -0.2) is 16.2 Å². The third-order valence-electron chi connectivity index (χ3n) is 2.46. The van der Waals surface area contributed by atoms with Crippen molar-refractivity contribution in [3.05, 3.63) is 58.9 Å². The zero-order valence-electron chi connectivity index (χ0n) is 11.0. The lowest BCUT2D eigenvalue weighted by Crippen LogP contribution is -1.99. The second-order valence-electron chi connectivity index (χ2n) is 4.22. The average molecular weight is 288 g/mol. The predicted molar refractivity (Wildman–Crippen MR) is 78.6 cm³/mol. The van der Waals surface area contributed by atoms with E-state index in [-0.39, 0.29) is 0 Å². The number of hydrogen-bond acceptors (Lipinski definition) is 3. The van der Waals surface area contributed by atoms with Crippen molar-refractivity contribution in [2.24, 2.45) is 0 Å². The van der Waals surface area contributed by atoms with E-state index in [4.69, 9.17) is 16.3 Å². The van der Waals surface area contributed by atoms with Crippen molar-refractivity contribution in [2.75, 3.05) is 0 Å². The minimum atomic E-state index is -0.713. The van der Waals surface area contributed by atoms with Gasteiger partial charge >= 0.3 is 0 Å². The first kappa shape index (κ1) is 14.4. The van der Waals surface area contributed by atoms with E-state index in [0.29, 0.717) is 23.1 Å². The molecule has 1 aromatic carbocycles. The van der Waals surface area contributed by atoms with Gasteiger partial charge < -0.3 is 9.84 Å². The Balaban J connectivity index is 2.18. The maximum Gasteiger partial charge on any atom is 0.155 e. The maximum atomic E-state index is 9.20. The molecule has 3 nitrogen and oxygen atoms in total. The Bertz CT molecular complexity index is 630. The van der Waals surface area contributed by atoms with Gasteiger partial charge in [0.1, 0.15) is 12.7 Å². The Hall–Kier alpha value is -2.02. The molecule has 0 amide bonds. The summed E-state index contributed by atoms with van der Waals surface area (Å²) in [5.74, 6) is 5.93. The molecule has 1 atom stereocenters. The number of nitrogens with zero attached hydrogens (tertiary/aromatic N) is 1. The van der Waals surface area contributed by atoms with Crippen LogP contribution < -0.4 is 4.74 Å². The lowest BCUT2D eigenvalue weighted by molar-refractivity contribution is 0.253. The van der Waals surface area contributed by atoms with Crippen LogP contribution in [0, 0.1) is 11.8 Å². The third-order valence-corrected chi connectivity index (χ3v) is 2.66. The molecule has 0 bridgehead atoms. The highest BCUT2D eigenvalue weighted by molar-refractivity contribution is 6.30. The molecule has 102 valence electrons. The quantitative estimate of drug-likeness (QED) is 0.882. The van der Waals surface area contributed by atoms with Gasteiger partial charge in [0.25, 0.3) is 0 Å². The minimum absolute atomic E-state index is 0.409. The van der Waals surface area contributed by atoms with E-state index in [1.54, 1.807) is 13.0 Å². The second kappa shape index (κ2) is 6.95. The Labute approximate surface area is 123 Å². The number of pyridine rings is 1. The number of aliphatic hydroxyl groups excluding tert-OH is 1. The normalized spacial score (nSPS) is 11.3. The lowest BCUT2D eigenvalue weighted by Gasteiger charge is -2.08. The van der Waals surface area contributed by atoms with Gasteiger partial charge in [-0.1, -0.05) is 47.9 Å². The summed E-state index contributed by atoms with van der Waals surface area (Å²) < 4.78 is 5.71. The molecule has 0 aliphatic heterocycles. The molecule has 0 aliphatic rings. The van der Waals surface area contributed by atoms with Crippen LogP contribution in [0.25, 0.3) is 0 Å². The molecule has 0 fully saturated rings. The van der Waals surface area contributed by atoms with E-state index in [1.165, 1.54) is 6.20 Å². The molecule has 2 rings (SSSR count). The summed E-state index contributed by atoms with van der Waals surface area (Å²) in [7, 11) is 0. The molecule has 0 radical (unpaired) electrons. The predicted octanol–water partition coefficient (Wildman–Crippen LogP) is 3.05. The molecular weight excluding hydrogens is 274 g/mol. The van der Waals surface area contributed by atoms with Gasteiger partial charge in [-0.2, -0.15) is 0 Å². The number of rotatable bonds is 3. The smallest absolute Gasteiger partial charge is 0.155 e. The fourth-order valence-electron chi connectivity index (χ4n) is 1.53. The summed E-state index contributed by atoms with van der Waals surface area (Å²) in [6.07, 6.45) is 0.789. The number of aliphatic hydroxyl groups is 1. The molecule has 4 heteroatoms. The second-order valence-corrected chi connectivity index (χ2v) is 4.66. The average Bonchev–Trinajstić information content (AvgIpc) is 2.45. The van der Waals surface area contributed by atoms with Crippen molar-refractivity contribution in [1.82, 2.24) is 4.98 Å². The monoisotopic (exact) mass is 287 g/mol. The molecule has 20 heavy (non-hydrogen) atoms. The van der Waals surface area contributed by atoms with Crippen molar-refractivity contribution in [3.8, 4) is 17.6 Å².